The monoisotopic (exact) mass is 379 g/mol. The molecule has 1 aromatic carbocycles. The summed E-state index contributed by atoms with van der Waals surface area (Å²) in [4.78, 5) is 2.15. The Morgan fingerprint density at radius 2 is 1.81 bits per heavy atom. The zero-order chi connectivity index (χ0) is 18.1. The van der Waals surface area contributed by atoms with E-state index in [1.165, 1.54) is 0 Å². The van der Waals surface area contributed by atoms with E-state index in [0.717, 1.165) is 5.69 Å². The van der Waals surface area contributed by atoms with Crippen molar-refractivity contribution in [2.45, 2.75) is 25.9 Å². The minimum Gasteiger partial charge on any atom is -0.507 e. The van der Waals surface area contributed by atoms with E-state index in [-0.39, 0.29) is 23.3 Å². The largest absolute Gasteiger partial charge is 0.507 e. The van der Waals surface area contributed by atoms with Gasteiger partial charge in [-0.15, -0.1) is 10.2 Å². The van der Waals surface area contributed by atoms with Crippen molar-refractivity contribution in [1.29, 1.82) is 0 Å². The molecule has 2 aromatic rings. The fourth-order valence-electron chi connectivity index (χ4n) is 3.48. The van der Waals surface area contributed by atoms with Gasteiger partial charge in [0.15, 0.2) is 5.82 Å². The number of piperazine rings is 1. The molecule has 2 heterocycles. The third kappa shape index (κ3) is 3.79. The van der Waals surface area contributed by atoms with Gasteiger partial charge < -0.3 is 21.2 Å². The summed E-state index contributed by atoms with van der Waals surface area (Å²) in [6.07, 6.45) is 1.71. The van der Waals surface area contributed by atoms with Crippen LogP contribution in [0.4, 0.5) is 11.5 Å². The van der Waals surface area contributed by atoms with Crippen molar-refractivity contribution in [2.75, 3.05) is 30.0 Å². The summed E-state index contributed by atoms with van der Waals surface area (Å²) >= 11 is 0. The van der Waals surface area contributed by atoms with Gasteiger partial charge in [-0.1, -0.05) is 12.1 Å². The Bertz CT molecular complexity index is 792. The van der Waals surface area contributed by atoms with Gasteiger partial charge in [-0.3, -0.25) is 0 Å². The highest BCUT2D eigenvalue weighted by atomic mass is 32.2. The molecule has 1 aliphatic rings. The van der Waals surface area contributed by atoms with E-state index in [1.807, 2.05) is 16.4 Å². The Labute approximate surface area is 155 Å². The molecule has 1 aromatic heterocycles. The van der Waals surface area contributed by atoms with Crippen molar-refractivity contribution < 1.29 is 14.8 Å². The van der Waals surface area contributed by atoms with Gasteiger partial charge in [0.25, 0.3) is 0 Å². The van der Waals surface area contributed by atoms with Crippen molar-refractivity contribution in [2.24, 2.45) is 0 Å². The predicted octanol–water partition coefficient (Wildman–Crippen LogP) is 0.799. The zero-order valence-corrected chi connectivity index (χ0v) is 15.9. The molecule has 0 amide bonds. The molecule has 142 valence electrons. The highest BCUT2D eigenvalue weighted by Crippen LogP contribution is 2.32. The highest BCUT2D eigenvalue weighted by molar-refractivity contribution is 7.81. The third-order valence-corrected chi connectivity index (χ3v) is 5.77. The smallest absolute Gasteiger partial charge is 0.169 e. The maximum Gasteiger partial charge on any atom is 0.169 e. The van der Waals surface area contributed by atoms with Crippen molar-refractivity contribution >= 4 is 22.5 Å². The summed E-state index contributed by atoms with van der Waals surface area (Å²) < 4.78 is 14.0. The molecule has 1 saturated heterocycles. The molecular weight excluding hydrogens is 354 g/mol. The number of aromatic nitrogens is 2. The number of phenolic OH excluding ortho intramolecular Hbond substituents is 1. The van der Waals surface area contributed by atoms with Gasteiger partial charge in [-0.2, -0.15) is 0 Å². The number of nitrogen functional groups attached to an aromatic ring is 1. The van der Waals surface area contributed by atoms with Crippen LogP contribution in [-0.4, -0.2) is 60.7 Å². The fourth-order valence-corrected chi connectivity index (χ4v) is 4.62. The second-order valence-corrected chi connectivity index (χ2v) is 7.67. The average Bonchev–Trinajstić information content (AvgIpc) is 2.55. The number of hydrogen-bond donors (Lipinski definition) is 2. The Morgan fingerprint density at radius 3 is 2.38 bits per heavy atom. The average molecular weight is 379 g/mol. The molecule has 3 rings (SSSR count). The van der Waals surface area contributed by atoms with Crippen LogP contribution in [0.5, 0.6) is 5.75 Å². The quantitative estimate of drug-likeness (QED) is 0.812. The molecule has 5 N–H and O–H groups in total. The SMILES string of the molecule is C[C@@H]1CN(c2cc(-c3ccccc3O)nnc2N)C[C@@H](C)N1S(C)=O.O. The lowest BCUT2D eigenvalue weighted by molar-refractivity contribution is 0.254. The third-order valence-electron chi connectivity index (χ3n) is 4.46. The first-order valence-corrected chi connectivity index (χ1v) is 9.68. The van der Waals surface area contributed by atoms with Crippen LogP contribution in [-0.2, 0) is 11.0 Å². The van der Waals surface area contributed by atoms with Gasteiger partial charge in [-0.05, 0) is 32.0 Å². The molecule has 0 aliphatic carbocycles. The number of nitrogens with zero attached hydrogens (tertiary/aromatic N) is 4. The van der Waals surface area contributed by atoms with Crippen LogP contribution in [0.1, 0.15) is 13.8 Å². The first kappa shape index (κ1) is 20.1. The van der Waals surface area contributed by atoms with Crippen LogP contribution in [0.2, 0.25) is 0 Å². The van der Waals surface area contributed by atoms with Gasteiger partial charge in [0.05, 0.1) is 22.4 Å². The van der Waals surface area contributed by atoms with Crippen molar-refractivity contribution in [1.82, 2.24) is 14.5 Å². The Hall–Kier alpha value is -2.23. The normalized spacial score (nSPS) is 21.9. The van der Waals surface area contributed by atoms with Crippen LogP contribution in [0.15, 0.2) is 30.3 Å². The van der Waals surface area contributed by atoms with Crippen LogP contribution < -0.4 is 10.6 Å². The van der Waals surface area contributed by atoms with Crippen molar-refractivity contribution in [3.8, 4) is 17.0 Å². The summed E-state index contributed by atoms with van der Waals surface area (Å²) in [5.41, 5.74) is 8.05. The molecule has 0 spiro atoms. The molecule has 3 atom stereocenters. The molecular formula is C17H25N5O3S. The number of rotatable bonds is 3. The second kappa shape index (κ2) is 7.98. The first-order chi connectivity index (χ1) is 11.9. The fraction of sp³-hybridized carbons (Fsp3) is 0.412. The lowest BCUT2D eigenvalue weighted by atomic mass is 10.1. The minimum absolute atomic E-state index is 0. The molecule has 0 radical (unpaired) electrons. The summed E-state index contributed by atoms with van der Waals surface area (Å²) in [6.45, 7) is 5.50. The van der Waals surface area contributed by atoms with E-state index in [4.69, 9.17) is 5.73 Å². The predicted molar refractivity (Wildman–Crippen MR) is 104 cm³/mol. The Kier molecular flexibility index (Phi) is 6.17. The topological polar surface area (TPSA) is 127 Å². The van der Waals surface area contributed by atoms with Gasteiger partial charge in [0.2, 0.25) is 0 Å². The summed E-state index contributed by atoms with van der Waals surface area (Å²) in [6, 6.07) is 9.11. The molecule has 1 aliphatic heterocycles. The number of hydrogen-bond acceptors (Lipinski definition) is 6. The number of nitrogens with two attached hydrogens (primary N) is 1. The number of benzene rings is 1. The molecule has 8 nitrogen and oxygen atoms in total. The summed E-state index contributed by atoms with van der Waals surface area (Å²) in [5.74, 6) is 0.505. The van der Waals surface area contributed by atoms with E-state index in [9.17, 15) is 9.32 Å². The lowest BCUT2D eigenvalue weighted by Crippen LogP contribution is -2.57. The Morgan fingerprint density at radius 1 is 1.19 bits per heavy atom. The number of para-hydroxylation sites is 1. The number of anilines is 2. The van der Waals surface area contributed by atoms with Crippen LogP contribution >= 0.6 is 0 Å². The second-order valence-electron chi connectivity index (χ2n) is 6.40. The molecule has 26 heavy (non-hydrogen) atoms. The zero-order valence-electron chi connectivity index (χ0n) is 15.1. The van der Waals surface area contributed by atoms with Crippen molar-refractivity contribution in [3.05, 3.63) is 30.3 Å². The maximum atomic E-state index is 12.0. The van der Waals surface area contributed by atoms with Gasteiger partial charge in [0, 0.05) is 37.0 Å². The molecule has 0 bridgehead atoms. The molecule has 1 unspecified atom stereocenters. The van der Waals surface area contributed by atoms with Crippen LogP contribution in [0.25, 0.3) is 11.3 Å². The standard InChI is InChI=1S/C17H23N5O2S.H2O/c1-11-9-21(10-12(2)22(11)25(3)24)15-8-14(19-20-17(15)18)13-6-4-5-7-16(13)23;/h4-8,11-12,23H,9-10H2,1-3H3,(H2,18,20);1H2/t11-,12-,25?;/m1./s1. The van der Waals surface area contributed by atoms with Gasteiger partial charge in [0.1, 0.15) is 5.75 Å². The number of aromatic hydroxyl groups is 1. The first-order valence-electron chi connectivity index (χ1n) is 8.17. The van der Waals surface area contributed by atoms with Gasteiger partial charge >= 0.3 is 0 Å². The van der Waals surface area contributed by atoms with E-state index in [1.54, 1.807) is 24.5 Å². The van der Waals surface area contributed by atoms with Crippen LogP contribution in [0, 0.1) is 0 Å². The number of phenols is 1. The van der Waals surface area contributed by atoms with Crippen LogP contribution in [0.3, 0.4) is 0 Å². The molecule has 1 fully saturated rings. The Balaban J connectivity index is 0.00000243. The molecule has 9 heteroatoms. The molecule has 0 saturated carbocycles. The van der Waals surface area contributed by atoms with E-state index >= 15 is 0 Å². The summed E-state index contributed by atoms with van der Waals surface area (Å²) in [7, 11) is -1.01. The minimum atomic E-state index is -1.01. The summed E-state index contributed by atoms with van der Waals surface area (Å²) in [5, 5.41) is 18.3. The van der Waals surface area contributed by atoms with E-state index < -0.39 is 11.0 Å². The van der Waals surface area contributed by atoms with Gasteiger partial charge in [-0.25, -0.2) is 8.51 Å². The van der Waals surface area contributed by atoms with E-state index in [0.29, 0.717) is 30.2 Å². The van der Waals surface area contributed by atoms with E-state index in [2.05, 4.69) is 28.9 Å². The highest BCUT2D eigenvalue weighted by Gasteiger charge is 2.32. The lowest BCUT2D eigenvalue weighted by Gasteiger charge is -2.43. The maximum absolute atomic E-state index is 12.0. The van der Waals surface area contributed by atoms with Crippen molar-refractivity contribution in [3.63, 3.8) is 0 Å².